The number of hydrogen-bond acceptors (Lipinski definition) is 3. The van der Waals surface area contributed by atoms with Gasteiger partial charge in [0.25, 0.3) is 0 Å². The number of halogens is 3. The fourth-order valence-electron chi connectivity index (χ4n) is 1.17. The molecule has 3 aromatic heterocycles. The van der Waals surface area contributed by atoms with Crippen molar-refractivity contribution in [3.05, 3.63) is 101 Å². The van der Waals surface area contributed by atoms with Gasteiger partial charge in [0.2, 0.25) is 16.7 Å². The molecule has 0 atom stereocenters. The summed E-state index contributed by atoms with van der Waals surface area (Å²) >= 11 is 16.3. The summed E-state index contributed by atoms with van der Waals surface area (Å²) in [5, 5.41) is 1.64. The van der Waals surface area contributed by atoms with Crippen molar-refractivity contribution in [3.63, 3.8) is 0 Å². The Kier molecular flexibility index (Phi) is 12.2. The Bertz CT molecular complexity index is 757. The van der Waals surface area contributed by atoms with Crippen LogP contribution >= 0.6 is 34.8 Å². The molecule has 0 bridgehead atoms. The normalized spacial score (nSPS) is 8.76. The molecule has 10 heteroatoms. The Balaban J connectivity index is 0.000000339. The van der Waals surface area contributed by atoms with Crippen LogP contribution in [-0.4, -0.2) is 40.8 Å². The van der Waals surface area contributed by atoms with E-state index >= 15 is 0 Å². The van der Waals surface area contributed by atoms with Gasteiger partial charge in [-0.25, -0.2) is 0 Å². The number of pyridine rings is 3. The molecule has 3 rings (SSSR count). The van der Waals surface area contributed by atoms with Crippen LogP contribution in [0, 0.1) is 0 Å². The quantitative estimate of drug-likeness (QED) is 0.440. The van der Waals surface area contributed by atoms with E-state index in [9.17, 15) is 14.4 Å². The summed E-state index contributed by atoms with van der Waals surface area (Å²) in [5.74, 6) is 0. The van der Waals surface area contributed by atoms with Gasteiger partial charge in [-0.2, -0.15) is 0 Å². The standard InChI is InChI=1S/3C5H4ClNO.In/c3*6-4-1-2-5(8)7-3-4;/h3*1-3H,(H,7,8);. The first-order chi connectivity index (χ1) is 11.4. The van der Waals surface area contributed by atoms with Crippen molar-refractivity contribution < 1.29 is 0 Å². The van der Waals surface area contributed by atoms with Gasteiger partial charge in [0.05, 0.1) is 15.1 Å². The van der Waals surface area contributed by atoms with Crippen LogP contribution in [0.4, 0.5) is 0 Å². The molecule has 0 amide bonds. The Morgan fingerprint density at radius 1 is 0.520 bits per heavy atom. The first kappa shape index (κ1) is 23.6. The number of rotatable bonds is 0. The van der Waals surface area contributed by atoms with Crippen molar-refractivity contribution in [2.45, 2.75) is 0 Å². The topological polar surface area (TPSA) is 98.6 Å². The van der Waals surface area contributed by atoms with Crippen molar-refractivity contribution in [2.75, 3.05) is 0 Å². The van der Waals surface area contributed by atoms with Gasteiger partial charge >= 0.3 is 0 Å². The maximum atomic E-state index is 10.3. The summed E-state index contributed by atoms with van der Waals surface area (Å²) in [5.41, 5.74) is -0.391. The fraction of sp³-hybridized carbons (Fsp3) is 0. The van der Waals surface area contributed by atoms with Crippen molar-refractivity contribution in [1.82, 2.24) is 15.0 Å². The van der Waals surface area contributed by atoms with Gasteiger partial charge in [-0.15, -0.1) is 0 Å². The minimum atomic E-state index is -0.130. The van der Waals surface area contributed by atoms with Gasteiger partial charge in [0.1, 0.15) is 0 Å². The first-order valence-electron chi connectivity index (χ1n) is 6.39. The third-order valence-corrected chi connectivity index (χ3v) is 2.94. The van der Waals surface area contributed by atoms with Gasteiger partial charge in [-0.3, -0.25) is 14.4 Å². The maximum absolute atomic E-state index is 10.3. The molecule has 0 aromatic carbocycles. The molecule has 0 aliphatic carbocycles. The van der Waals surface area contributed by atoms with Crippen molar-refractivity contribution >= 4 is 60.6 Å². The van der Waals surface area contributed by atoms with E-state index in [2.05, 4.69) is 15.0 Å². The van der Waals surface area contributed by atoms with E-state index in [1.54, 1.807) is 18.2 Å². The molecule has 3 heterocycles. The van der Waals surface area contributed by atoms with E-state index in [1.807, 2.05) is 0 Å². The zero-order chi connectivity index (χ0) is 17.9. The van der Waals surface area contributed by atoms with Crippen LogP contribution < -0.4 is 16.7 Å². The second kappa shape index (κ2) is 12.9. The molecule has 3 aromatic rings. The van der Waals surface area contributed by atoms with Crippen LogP contribution in [0.2, 0.25) is 15.1 Å². The Hall–Kier alpha value is -1.41. The van der Waals surface area contributed by atoms with Crippen LogP contribution in [0.15, 0.2) is 69.4 Å². The molecule has 0 unspecified atom stereocenters. The van der Waals surface area contributed by atoms with Gasteiger partial charge in [-0.1, -0.05) is 34.8 Å². The van der Waals surface area contributed by atoms with Gasteiger partial charge in [-0.05, 0) is 18.2 Å². The van der Waals surface area contributed by atoms with E-state index < -0.39 is 0 Å². The molecule has 0 fully saturated rings. The smallest absolute Gasteiger partial charge is 0.247 e. The third kappa shape index (κ3) is 11.7. The summed E-state index contributed by atoms with van der Waals surface area (Å²) in [6.45, 7) is 0. The largest absolute Gasteiger partial charge is 0.328 e. The van der Waals surface area contributed by atoms with E-state index in [4.69, 9.17) is 34.8 Å². The molecule has 3 radical (unpaired) electrons. The van der Waals surface area contributed by atoms with Gasteiger partial charge in [0.15, 0.2) is 0 Å². The van der Waals surface area contributed by atoms with Crippen LogP contribution in [-0.2, 0) is 0 Å². The minimum Gasteiger partial charge on any atom is -0.328 e. The van der Waals surface area contributed by atoms with E-state index in [-0.39, 0.29) is 42.5 Å². The van der Waals surface area contributed by atoms with E-state index in [0.717, 1.165) is 0 Å². The fourth-order valence-corrected chi connectivity index (χ4v) is 1.53. The van der Waals surface area contributed by atoms with Crippen LogP contribution in [0.25, 0.3) is 0 Å². The number of aromatic amines is 3. The van der Waals surface area contributed by atoms with E-state index in [0.29, 0.717) is 15.1 Å². The SMILES string of the molecule is O=c1ccc(Cl)c[nH]1.O=c1ccc(Cl)c[nH]1.O=c1ccc(Cl)c[nH]1.[In]. The summed E-state index contributed by atoms with van der Waals surface area (Å²) in [6.07, 6.45) is 4.34. The van der Waals surface area contributed by atoms with Gasteiger partial charge in [0, 0.05) is 62.6 Å². The zero-order valence-corrected chi connectivity index (χ0v) is 18.2. The number of nitrogens with one attached hydrogen (secondary N) is 3. The summed E-state index contributed by atoms with van der Waals surface area (Å²) in [7, 11) is 0. The van der Waals surface area contributed by atoms with Crippen molar-refractivity contribution in [3.8, 4) is 0 Å². The number of aromatic nitrogens is 3. The Labute approximate surface area is 176 Å². The molecule has 0 aliphatic heterocycles. The molecule has 129 valence electrons. The van der Waals surface area contributed by atoms with E-state index in [1.165, 1.54) is 36.8 Å². The summed E-state index contributed by atoms with van der Waals surface area (Å²) in [6, 6.07) is 8.76. The van der Waals surface area contributed by atoms with Gasteiger partial charge < -0.3 is 15.0 Å². The predicted octanol–water partition coefficient (Wildman–Crippen LogP) is 2.70. The molecule has 0 saturated carbocycles. The molecular weight excluding hydrogens is 491 g/mol. The number of H-pyrrole nitrogens is 3. The van der Waals surface area contributed by atoms with Crippen molar-refractivity contribution in [2.24, 2.45) is 0 Å². The molecule has 6 nitrogen and oxygen atoms in total. The van der Waals surface area contributed by atoms with Crippen LogP contribution in [0.5, 0.6) is 0 Å². The van der Waals surface area contributed by atoms with Crippen LogP contribution in [0.1, 0.15) is 0 Å². The third-order valence-electron chi connectivity index (χ3n) is 2.24. The zero-order valence-electron chi connectivity index (χ0n) is 12.6. The molecular formula is C15H12Cl3InN3O3. The average molecular weight is 503 g/mol. The summed E-state index contributed by atoms with van der Waals surface area (Å²) in [4.78, 5) is 38.2. The number of hydrogen-bond donors (Lipinski definition) is 3. The average Bonchev–Trinajstić information content (AvgIpc) is 2.57. The first-order valence-corrected chi connectivity index (χ1v) is 7.53. The van der Waals surface area contributed by atoms with Crippen molar-refractivity contribution in [1.29, 1.82) is 0 Å². The molecule has 0 saturated heterocycles. The Morgan fingerprint density at radius 3 is 0.880 bits per heavy atom. The molecule has 25 heavy (non-hydrogen) atoms. The second-order valence-corrected chi connectivity index (χ2v) is 5.42. The second-order valence-electron chi connectivity index (χ2n) is 4.11. The molecule has 0 aliphatic rings. The predicted molar refractivity (Wildman–Crippen MR) is 102 cm³/mol. The summed E-state index contributed by atoms with van der Waals surface area (Å²) < 4.78 is 0. The Morgan fingerprint density at radius 2 is 0.760 bits per heavy atom. The minimum absolute atomic E-state index is 0. The maximum Gasteiger partial charge on any atom is 0.247 e. The monoisotopic (exact) mass is 502 g/mol. The molecule has 0 spiro atoms. The van der Waals surface area contributed by atoms with Crippen LogP contribution in [0.3, 0.4) is 0 Å². The molecule has 3 N–H and O–H groups in total.